The normalized spacial score (nSPS) is 23.4. The number of hydrogen-bond acceptors (Lipinski definition) is 4. The van der Waals surface area contributed by atoms with E-state index in [0.29, 0.717) is 29.5 Å². The fourth-order valence-electron chi connectivity index (χ4n) is 6.32. The Labute approximate surface area is 239 Å². The molecule has 0 radical (unpaired) electrons. The summed E-state index contributed by atoms with van der Waals surface area (Å²) in [5.74, 6) is 0.549. The second-order valence-corrected chi connectivity index (χ2v) is 11.3. The van der Waals surface area contributed by atoms with Crippen LogP contribution in [0.15, 0.2) is 61.3 Å². The van der Waals surface area contributed by atoms with Gasteiger partial charge < -0.3 is 10.4 Å². The lowest BCUT2D eigenvalue weighted by Gasteiger charge is -2.52. The summed E-state index contributed by atoms with van der Waals surface area (Å²) in [6.07, 6.45) is -4.17. The summed E-state index contributed by atoms with van der Waals surface area (Å²) in [4.78, 5) is 6.98. The van der Waals surface area contributed by atoms with Gasteiger partial charge in [-0.3, -0.25) is 9.88 Å². The molecule has 2 unspecified atom stereocenters. The van der Waals surface area contributed by atoms with E-state index in [-0.39, 0.29) is 41.7 Å². The van der Waals surface area contributed by atoms with Gasteiger partial charge in [0, 0.05) is 42.2 Å². The van der Waals surface area contributed by atoms with Gasteiger partial charge in [0.05, 0.1) is 28.2 Å². The Morgan fingerprint density at radius 2 is 1.80 bits per heavy atom. The minimum atomic E-state index is -4.96. The molecule has 2 N–H and O–H groups in total. The molecule has 3 fully saturated rings. The van der Waals surface area contributed by atoms with E-state index in [9.17, 15) is 31.4 Å². The zero-order chi connectivity index (χ0) is 29.5. The fraction of sp³-hybridized carbons (Fsp3) is 0.400. The van der Waals surface area contributed by atoms with Crippen molar-refractivity contribution >= 4 is 33.8 Å². The van der Waals surface area contributed by atoms with Crippen LogP contribution in [-0.2, 0) is 19.0 Å². The Balaban J connectivity index is 1.51. The summed E-state index contributed by atoms with van der Waals surface area (Å²) in [7, 11) is 0. The largest absolute Gasteiger partial charge is 0.416 e. The van der Waals surface area contributed by atoms with Crippen molar-refractivity contribution in [2.45, 2.75) is 50.2 Å². The Morgan fingerprint density at radius 1 is 1.10 bits per heavy atom. The number of benzene rings is 2. The summed E-state index contributed by atoms with van der Waals surface area (Å²) in [5.41, 5.74) is -0.838. The first-order valence-corrected chi connectivity index (χ1v) is 13.7. The molecule has 11 heteroatoms. The highest BCUT2D eigenvalue weighted by molar-refractivity contribution is 7.80. The standard InChI is InChI=1S/C30H29F6N3OS/c1-2-18-15-39-8-6-19(18)10-27(39)25(23-5-7-37-26-4-3-17(16-40)9-24(23)26)14-28(41)38-22-12-20(29(31,32)33)11-21(13-22)30(34,35)36/h2-5,7,9,11-13,18-19,25,27,40H,1,6,8,10,14-16H2,(H,38,41)/t18-,19?,25-,27-/m0/s1. The number of thiocarbonyl (C=S) groups is 1. The van der Waals surface area contributed by atoms with Crippen LogP contribution in [0.3, 0.4) is 0 Å². The Kier molecular flexibility index (Phi) is 8.15. The molecule has 0 aliphatic carbocycles. The van der Waals surface area contributed by atoms with Gasteiger partial charge in [-0.25, -0.2) is 0 Å². The number of alkyl halides is 6. The molecular formula is C30H29F6N3OS. The van der Waals surface area contributed by atoms with E-state index < -0.39 is 23.5 Å². The average molecular weight is 594 g/mol. The zero-order valence-electron chi connectivity index (χ0n) is 22.0. The van der Waals surface area contributed by atoms with Crippen LogP contribution >= 0.6 is 12.2 Å². The predicted octanol–water partition coefficient (Wildman–Crippen LogP) is 7.57. The monoisotopic (exact) mass is 593 g/mol. The molecule has 3 aliphatic heterocycles. The van der Waals surface area contributed by atoms with Crippen LogP contribution in [0.25, 0.3) is 10.9 Å². The molecular weight excluding hydrogens is 564 g/mol. The van der Waals surface area contributed by atoms with Gasteiger partial charge in [-0.05, 0) is 78.7 Å². The van der Waals surface area contributed by atoms with Crippen molar-refractivity contribution in [1.82, 2.24) is 9.88 Å². The molecule has 0 saturated carbocycles. The van der Waals surface area contributed by atoms with Crippen LogP contribution in [0, 0.1) is 11.8 Å². The zero-order valence-corrected chi connectivity index (χ0v) is 22.8. The minimum absolute atomic E-state index is 0.0420. The molecule has 3 aromatic rings. The molecule has 41 heavy (non-hydrogen) atoms. The molecule has 3 aliphatic rings. The van der Waals surface area contributed by atoms with E-state index in [1.165, 1.54) is 0 Å². The maximum Gasteiger partial charge on any atom is 0.416 e. The summed E-state index contributed by atoms with van der Waals surface area (Å²) in [5, 5.41) is 13.3. The Morgan fingerprint density at radius 3 is 2.39 bits per heavy atom. The Hall–Kier alpha value is -3.02. The van der Waals surface area contributed by atoms with Crippen molar-refractivity contribution < 1.29 is 31.4 Å². The molecule has 1 aromatic heterocycles. The average Bonchev–Trinajstić information content (AvgIpc) is 2.94. The van der Waals surface area contributed by atoms with Crippen LogP contribution in [0.4, 0.5) is 32.0 Å². The number of aliphatic hydroxyl groups excluding tert-OH is 1. The van der Waals surface area contributed by atoms with Gasteiger partial charge in [0.25, 0.3) is 0 Å². The predicted molar refractivity (Wildman–Crippen MR) is 149 cm³/mol. The van der Waals surface area contributed by atoms with Gasteiger partial charge in [0.1, 0.15) is 0 Å². The fourth-order valence-corrected chi connectivity index (χ4v) is 6.62. The van der Waals surface area contributed by atoms with Crippen molar-refractivity contribution in [3.63, 3.8) is 0 Å². The maximum atomic E-state index is 13.4. The summed E-state index contributed by atoms with van der Waals surface area (Å²) >= 11 is 5.59. The van der Waals surface area contributed by atoms with Gasteiger partial charge in [-0.15, -0.1) is 6.58 Å². The highest BCUT2D eigenvalue weighted by Gasteiger charge is 2.43. The molecule has 4 nitrogen and oxygen atoms in total. The van der Waals surface area contributed by atoms with Crippen molar-refractivity contribution in [2.75, 3.05) is 18.4 Å². The molecule has 218 valence electrons. The van der Waals surface area contributed by atoms with Crippen molar-refractivity contribution in [2.24, 2.45) is 11.8 Å². The lowest BCUT2D eigenvalue weighted by atomic mass is 9.70. The van der Waals surface area contributed by atoms with Gasteiger partial charge in [0.2, 0.25) is 0 Å². The molecule has 2 aromatic carbocycles. The summed E-state index contributed by atoms with van der Waals surface area (Å²) in [6, 6.07) is 8.79. The molecule has 6 rings (SSSR count). The van der Waals surface area contributed by atoms with E-state index in [2.05, 4.69) is 21.8 Å². The number of halogens is 6. The SMILES string of the molecule is C=C[C@H]1CN2CCC1C[C@H]2[C@@H](CC(=S)Nc1cc(C(F)(F)F)cc(C(F)(F)F)c1)c1ccnc2ccc(CO)cc12. The van der Waals surface area contributed by atoms with E-state index in [0.717, 1.165) is 42.4 Å². The first-order valence-electron chi connectivity index (χ1n) is 13.3. The third kappa shape index (κ3) is 6.27. The lowest BCUT2D eigenvalue weighted by molar-refractivity contribution is -0.143. The Bertz CT molecular complexity index is 1420. The first kappa shape index (κ1) is 29.5. The molecule has 5 atom stereocenters. The van der Waals surface area contributed by atoms with Gasteiger partial charge >= 0.3 is 12.4 Å². The second-order valence-electron chi connectivity index (χ2n) is 10.8. The number of nitrogens with zero attached hydrogens (tertiary/aromatic N) is 2. The number of aromatic nitrogens is 1. The third-order valence-electron chi connectivity index (χ3n) is 8.32. The number of piperidine rings is 3. The van der Waals surface area contributed by atoms with Crippen LogP contribution in [0.1, 0.15) is 47.4 Å². The van der Waals surface area contributed by atoms with E-state index in [1.807, 2.05) is 24.3 Å². The number of anilines is 1. The number of nitrogens with one attached hydrogen (secondary N) is 1. The van der Waals surface area contributed by atoms with Gasteiger partial charge in [-0.1, -0.05) is 24.4 Å². The van der Waals surface area contributed by atoms with Crippen LogP contribution in [-0.4, -0.2) is 39.1 Å². The summed E-state index contributed by atoms with van der Waals surface area (Å²) < 4.78 is 80.6. The molecule has 0 amide bonds. The van der Waals surface area contributed by atoms with Crippen molar-refractivity contribution in [3.8, 4) is 0 Å². The molecule has 3 saturated heterocycles. The maximum absolute atomic E-state index is 13.4. The molecule has 0 spiro atoms. The number of fused-ring (bicyclic) bond motifs is 4. The van der Waals surface area contributed by atoms with Crippen LogP contribution in [0.5, 0.6) is 0 Å². The van der Waals surface area contributed by atoms with E-state index in [4.69, 9.17) is 12.2 Å². The molecule has 4 heterocycles. The second kappa shape index (κ2) is 11.3. The smallest absolute Gasteiger partial charge is 0.392 e. The first-order chi connectivity index (χ1) is 19.4. The highest BCUT2D eigenvalue weighted by Crippen LogP contribution is 2.45. The van der Waals surface area contributed by atoms with E-state index in [1.54, 1.807) is 12.3 Å². The van der Waals surface area contributed by atoms with Crippen LogP contribution < -0.4 is 5.32 Å². The van der Waals surface area contributed by atoms with E-state index >= 15 is 0 Å². The number of hydrogen-bond donors (Lipinski definition) is 2. The van der Waals surface area contributed by atoms with Crippen molar-refractivity contribution in [1.29, 1.82) is 0 Å². The van der Waals surface area contributed by atoms with Crippen LogP contribution in [0.2, 0.25) is 0 Å². The van der Waals surface area contributed by atoms with Crippen molar-refractivity contribution in [3.05, 3.63) is 83.6 Å². The number of pyridine rings is 1. The van der Waals surface area contributed by atoms with Gasteiger partial charge in [0.15, 0.2) is 0 Å². The topological polar surface area (TPSA) is 48.4 Å². The summed E-state index contributed by atoms with van der Waals surface area (Å²) in [6.45, 7) is 5.52. The third-order valence-corrected chi connectivity index (χ3v) is 8.59. The highest BCUT2D eigenvalue weighted by atomic mass is 32.1. The number of rotatable bonds is 7. The number of aliphatic hydroxyl groups is 1. The molecule has 2 bridgehead atoms. The quantitative estimate of drug-likeness (QED) is 0.168. The minimum Gasteiger partial charge on any atom is -0.392 e. The van der Waals surface area contributed by atoms with Gasteiger partial charge in [-0.2, -0.15) is 26.3 Å². The lowest BCUT2D eigenvalue weighted by Crippen LogP contribution is -2.55.